The Kier molecular flexibility index (Phi) is 7.46. The third kappa shape index (κ3) is 6.90. The van der Waals surface area contributed by atoms with E-state index >= 15 is 0 Å². The Balaban J connectivity index is 2.42. The molecule has 1 aromatic carbocycles. The zero-order valence-electron chi connectivity index (χ0n) is 13.1. The average Bonchev–Trinajstić information content (AvgIpc) is 2.47. The van der Waals surface area contributed by atoms with Crippen LogP contribution in [0, 0.1) is 0 Å². The van der Waals surface area contributed by atoms with Crippen LogP contribution in [-0.4, -0.2) is 31.1 Å². The van der Waals surface area contributed by atoms with Crippen molar-refractivity contribution in [2.75, 3.05) is 13.1 Å². The summed E-state index contributed by atoms with van der Waals surface area (Å²) in [6.45, 7) is 7.82. The summed E-state index contributed by atoms with van der Waals surface area (Å²) in [6, 6.07) is 9.69. The van der Waals surface area contributed by atoms with Crippen LogP contribution in [0.1, 0.15) is 32.8 Å². The van der Waals surface area contributed by atoms with E-state index in [-0.39, 0.29) is 11.9 Å². The van der Waals surface area contributed by atoms with Gasteiger partial charge < -0.3 is 10.2 Å². The van der Waals surface area contributed by atoms with Gasteiger partial charge in [-0.15, -0.1) is 0 Å². The highest BCUT2D eigenvalue weighted by Gasteiger charge is 2.16. The number of hydrogen-bond acceptors (Lipinski definition) is 2. The van der Waals surface area contributed by atoms with Crippen molar-refractivity contribution in [2.24, 2.45) is 0 Å². The summed E-state index contributed by atoms with van der Waals surface area (Å²) in [7, 11) is 0. The molecule has 0 saturated heterocycles. The fraction of sp³-hybridized carbons (Fsp3) is 0.500. The molecule has 0 aliphatic rings. The first kappa shape index (κ1) is 17.2. The number of amides is 3. The Labute approximate surface area is 126 Å². The molecule has 0 bridgehead atoms. The van der Waals surface area contributed by atoms with Crippen LogP contribution in [-0.2, 0) is 11.3 Å². The van der Waals surface area contributed by atoms with Gasteiger partial charge in [-0.2, -0.15) is 0 Å². The molecule has 5 heteroatoms. The van der Waals surface area contributed by atoms with Gasteiger partial charge in [0.05, 0.1) is 6.54 Å². The predicted molar refractivity (Wildman–Crippen MR) is 82.9 cm³/mol. The van der Waals surface area contributed by atoms with Crippen molar-refractivity contribution in [2.45, 2.75) is 39.8 Å². The summed E-state index contributed by atoms with van der Waals surface area (Å²) >= 11 is 0. The molecule has 0 aliphatic carbocycles. The minimum Gasteiger partial charge on any atom is -0.335 e. The van der Waals surface area contributed by atoms with Gasteiger partial charge in [-0.3, -0.25) is 10.1 Å². The van der Waals surface area contributed by atoms with Crippen molar-refractivity contribution < 1.29 is 14.5 Å². The monoisotopic (exact) mass is 292 g/mol. The van der Waals surface area contributed by atoms with Crippen LogP contribution in [0.2, 0.25) is 0 Å². The molecule has 116 valence electrons. The number of benzene rings is 1. The molecule has 1 rings (SSSR count). The van der Waals surface area contributed by atoms with Crippen LogP contribution < -0.4 is 15.5 Å². The Morgan fingerprint density at radius 2 is 1.86 bits per heavy atom. The van der Waals surface area contributed by atoms with E-state index in [1.807, 2.05) is 51.1 Å². The average molecular weight is 292 g/mol. The molecule has 0 heterocycles. The van der Waals surface area contributed by atoms with Crippen molar-refractivity contribution in [3.8, 4) is 0 Å². The van der Waals surface area contributed by atoms with Gasteiger partial charge in [-0.1, -0.05) is 37.3 Å². The first-order valence-corrected chi connectivity index (χ1v) is 7.53. The maximum atomic E-state index is 11.9. The first-order valence-electron chi connectivity index (χ1n) is 7.53. The van der Waals surface area contributed by atoms with Gasteiger partial charge in [0.2, 0.25) is 0 Å². The standard InChI is InChI=1S/C16H25N3O2/c1-4-13(3)17-16(21)18-15(20)12-19(5-2)11-14-9-7-6-8-10-14/h6-10,13H,4-5,11-12H2,1-3H3,(H2,17,18,20,21)/p+1/t13-/m1/s1. The van der Waals surface area contributed by atoms with Crippen molar-refractivity contribution in [3.05, 3.63) is 35.9 Å². The second-order valence-electron chi connectivity index (χ2n) is 5.27. The highest BCUT2D eigenvalue weighted by molar-refractivity contribution is 5.94. The largest absolute Gasteiger partial charge is 0.335 e. The third-order valence-corrected chi connectivity index (χ3v) is 3.45. The molecule has 1 unspecified atom stereocenters. The lowest BCUT2D eigenvalue weighted by molar-refractivity contribution is -0.904. The van der Waals surface area contributed by atoms with E-state index in [4.69, 9.17) is 0 Å². The van der Waals surface area contributed by atoms with Crippen LogP contribution in [0.15, 0.2) is 30.3 Å². The number of imide groups is 1. The second-order valence-corrected chi connectivity index (χ2v) is 5.27. The molecule has 0 spiro atoms. The molecule has 2 atom stereocenters. The zero-order chi connectivity index (χ0) is 15.7. The summed E-state index contributed by atoms with van der Waals surface area (Å²) in [5.74, 6) is -0.247. The molecule has 21 heavy (non-hydrogen) atoms. The summed E-state index contributed by atoms with van der Waals surface area (Å²) in [5.41, 5.74) is 1.19. The number of nitrogens with one attached hydrogen (secondary N) is 3. The van der Waals surface area contributed by atoms with Crippen LogP contribution in [0.5, 0.6) is 0 Å². The Hall–Kier alpha value is -1.88. The van der Waals surface area contributed by atoms with Crippen molar-refractivity contribution in [3.63, 3.8) is 0 Å². The first-order chi connectivity index (χ1) is 10.0. The summed E-state index contributed by atoms with van der Waals surface area (Å²) in [5, 5.41) is 5.11. The maximum Gasteiger partial charge on any atom is 0.321 e. The molecular formula is C16H26N3O2+. The summed E-state index contributed by atoms with van der Waals surface area (Å²) < 4.78 is 0. The van der Waals surface area contributed by atoms with Crippen LogP contribution in [0.4, 0.5) is 4.79 Å². The van der Waals surface area contributed by atoms with E-state index in [1.54, 1.807) is 0 Å². The van der Waals surface area contributed by atoms with Gasteiger partial charge in [0.1, 0.15) is 6.54 Å². The summed E-state index contributed by atoms with van der Waals surface area (Å²) in [6.07, 6.45) is 0.835. The quantitative estimate of drug-likeness (QED) is 0.693. The van der Waals surface area contributed by atoms with E-state index in [1.165, 1.54) is 5.56 Å². The molecule has 0 aliphatic heterocycles. The van der Waals surface area contributed by atoms with Crippen molar-refractivity contribution in [1.29, 1.82) is 0 Å². The molecule has 0 fully saturated rings. The highest BCUT2D eigenvalue weighted by atomic mass is 16.2. The SMILES string of the molecule is CC[C@@H](C)NC(=O)NC(=O)C[NH+](CC)Cc1ccccc1. The Bertz CT molecular complexity index is 448. The maximum absolute atomic E-state index is 11.9. The lowest BCUT2D eigenvalue weighted by Crippen LogP contribution is -3.11. The van der Waals surface area contributed by atoms with Crippen LogP contribution in [0.3, 0.4) is 0 Å². The topological polar surface area (TPSA) is 62.6 Å². The molecule has 0 saturated carbocycles. The lowest BCUT2D eigenvalue weighted by Gasteiger charge is -2.17. The third-order valence-electron chi connectivity index (χ3n) is 3.45. The fourth-order valence-corrected chi connectivity index (χ4v) is 1.96. The van der Waals surface area contributed by atoms with E-state index in [9.17, 15) is 9.59 Å². The highest BCUT2D eigenvalue weighted by Crippen LogP contribution is 1.95. The predicted octanol–water partition coefficient (Wildman–Crippen LogP) is 0.716. The van der Waals surface area contributed by atoms with E-state index in [0.717, 1.165) is 24.4 Å². The van der Waals surface area contributed by atoms with E-state index in [2.05, 4.69) is 10.6 Å². The van der Waals surface area contributed by atoms with Gasteiger partial charge in [0.15, 0.2) is 6.54 Å². The van der Waals surface area contributed by atoms with Crippen molar-refractivity contribution >= 4 is 11.9 Å². The number of rotatable bonds is 7. The van der Waals surface area contributed by atoms with Crippen LogP contribution in [0.25, 0.3) is 0 Å². The number of hydrogen-bond donors (Lipinski definition) is 3. The smallest absolute Gasteiger partial charge is 0.321 e. The molecule has 3 N–H and O–H groups in total. The minimum absolute atomic E-state index is 0.0664. The second kappa shape index (κ2) is 9.13. The Morgan fingerprint density at radius 1 is 1.19 bits per heavy atom. The molecule has 5 nitrogen and oxygen atoms in total. The van der Waals surface area contributed by atoms with Gasteiger partial charge in [-0.25, -0.2) is 4.79 Å². The van der Waals surface area contributed by atoms with E-state index < -0.39 is 6.03 Å². The molecule has 0 radical (unpaired) electrons. The lowest BCUT2D eigenvalue weighted by atomic mass is 10.2. The molecule has 1 aromatic rings. The minimum atomic E-state index is -0.412. The number of quaternary nitrogens is 1. The number of likely N-dealkylation sites (N-methyl/N-ethyl adjacent to an activating group) is 1. The molecule has 0 aromatic heterocycles. The number of carbonyl (C=O) groups excluding carboxylic acids is 2. The van der Waals surface area contributed by atoms with Gasteiger partial charge in [0, 0.05) is 11.6 Å². The number of carbonyl (C=O) groups is 2. The van der Waals surface area contributed by atoms with Gasteiger partial charge >= 0.3 is 6.03 Å². The van der Waals surface area contributed by atoms with Crippen LogP contribution >= 0.6 is 0 Å². The zero-order valence-corrected chi connectivity index (χ0v) is 13.1. The summed E-state index contributed by atoms with van der Waals surface area (Å²) in [4.78, 5) is 24.6. The molecule has 3 amide bonds. The van der Waals surface area contributed by atoms with E-state index in [0.29, 0.717) is 6.54 Å². The number of urea groups is 1. The van der Waals surface area contributed by atoms with Gasteiger partial charge in [0.25, 0.3) is 5.91 Å². The Morgan fingerprint density at radius 3 is 2.43 bits per heavy atom. The fourth-order valence-electron chi connectivity index (χ4n) is 1.96. The van der Waals surface area contributed by atoms with Gasteiger partial charge in [-0.05, 0) is 20.3 Å². The van der Waals surface area contributed by atoms with Crippen molar-refractivity contribution in [1.82, 2.24) is 10.6 Å². The molecular weight excluding hydrogens is 266 g/mol. The normalized spacial score (nSPS) is 13.3.